The van der Waals surface area contributed by atoms with Crippen molar-refractivity contribution in [3.05, 3.63) is 0 Å². The van der Waals surface area contributed by atoms with Gasteiger partial charge < -0.3 is 20.0 Å². The standard InChI is InChI=1S/C13H22N4O3.ClH/c1-3-15-6-7-16(13(20)12(15)19)9-11(18)17-5-4-14-8-10(17)2;/h10,14H,3-9H2,1-2H3;1H/t10-;/m1./s1. The predicted molar refractivity (Wildman–Crippen MR) is 80.1 cm³/mol. The molecule has 0 aromatic rings. The molecule has 0 aromatic carbocycles. The normalized spacial score (nSPS) is 23.1. The van der Waals surface area contributed by atoms with Gasteiger partial charge in [0.25, 0.3) is 0 Å². The Kier molecular flexibility index (Phi) is 6.42. The Bertz CT molecular complexity index is 418. The highest BCUT2D eigenvalue weighted by Crippen LogP contribution is 2.08. The quantitative estimate of drug-likeness (QED) is 0.672. The lowest BCUT2D eigenvalue weighted by Gasteiger charge is -2.37. The van der Waals surface area contributed by atoms with E-state index < -0.39 is 11.8 Å². The number of halogens is 1. The number of nitrogens with zero attached hydrogens (tertiary/aromatic N) is 3. The average Bonchev–Trinajstić information content (AvgIpc) is 2.44. The molecule has 0 radical (unpaired) electrons. The van der Waals surface area contributed by atoms with Crippen LogP contribution in [0.15, 0.2) is 0 Å². The van der Waals surface area contributed by atoms with E-state index in [1.807, 2.05) is 13.8 Å². The summed E-state index contributed by atoms with van der Waals surface area (Å²) in [6.07, 6.45) is 0. The monoisotopic (exact) mass is 318 g/mol. The summed E-state index contributed by atoms with van der Waals surface area (Å²) in [6, 6.07) is 0.124. The van der Waals surface area contributed by atoms with Crippen LogP contribution in [0.5, 0.6) is 0 Å². The molecule has 2 aliphatic rings. The summed E-state index contributed by atoms with van der Waals surface area (Å²) in [6.45, 7) is 7.48. The third-order valence-electron chi connectivity index (χ3n) is 3.93. The maximum atomic E-state index is 12.3. The Labute approximate surface area is 131 Å². The third kappa shape index (κ3) is 3.85. The molecule has 0 aliphatic carbocycles. The number of carbonyl (C=O) groups excluding carboxylic acids is 3. The summed E-state index contributed by atoms with van der Waals surface area (Å²) in [5.74, 6) is -1.14. The molecule has 7 nitrogen and oxygen atoms in total. The number of hydrogen-bond donors (Lipinski definition) is 1. The second kappa shape index (κ2) is 7.61. The zero-order valence-corrected chi connectivity index (χ0v) is 13.3. The summed E-state index contributed by atoms with van der Waals surface area (Å²) >= 11 is 0. The Morgan fingerprint density at radius 1 is 1.19 bits per heavy atom. The molecule has 2 fully saturated rings. The predicted octanol–water partition coefficient (Wildman–Crippen LogP) is -1.08. The van der Waals surface area contributed by atoms with Crippen molar-refractivity contribution in [3.8, 4) is 0 Å². The summed E-state index contributed by atoms with van der Waals surface area (Å²) < 4.78 is 0. The maximum Gasteiger partial charge on any atom is 0.312 e. The highest BCUT2D eigenvalue weighted by molar-refractivity contribution is 6.35. The van der Waals surface area contributed by atoms with Gasteiger partial charge in [-0.15, -0.1) is 12.4 Å². The van der Waals surface area contributed by atoms with Crippen LogP contribution < -0.4 is 5.32 Å². The van der Waals surface area contributed by atoms with Gasteiger partial charge in [-0.3, -0.25) is 14.4 Å². The van der Waals surface area contributed by atoms with Crippen LogP contribution in [-0.4, -0.2) is 84.3 Å². The smallest absolute Gasteiger partial charge is 0.312 e. The van der Waals surface area contributed by atoms with Crippen molar-refractivity contribution in [1.29, 1.82) is 0 Å². The van der Waals surface area contributed by atoms with Gasteiger partial charge in [-0.05, 0) is 13.8 Å². The lowest BCUT2D eigenvalue weighted by atomic mass is 10.2. The van der Waals surface area contributed by atoms with Crippen LogP contribution in [0.1, 0.15) is 13.8 Å². The fourth-order valence-corrected chi connectivity index (χ4v) is 2.63. The molecular formula is C13H23ClN4O3. The van der Waals surface area contributed by atoms with E-state index in [1.165, 1.54) is 9.80 Å². The van der Waals surface area contributed by atoms with E-state index in [4.69, 9.17) is 0 Å². The molecule has 0 saturated carbocycles. The number of hydrogen-bond acceptors (Lipinski definition) is 4. The minimum atomic E-state index is -0.561. The van der Waals surface area contributed by atoms with Crippen LogP contribution in [-0.2, 0) is 14.4 Å². The van der Waals surface area contributed by atoms with Crippen LogP contribution in [0.2, 0.25) is 0 Å². The number of piperazine rings is 2. The van der Waals surface area contributed by atoms with Crippen molar-refractivity contribution in [1.82, 2.24) is 20.0 Å². The Morgan fingerprint density at radius 2 is 1.81 bits per heavy atom. The van der Waals surface area contributed by atoms with E-state index in [0.29, 0.717) is 26.2 Å². The number of amides is 3. The molecule has 0 aromatic heterocycles. The van der Waals surface area contributed by atoms with Crippen molar-refractivity contribution in [2.75, 3.05) is 45.8 Å². The number of carbonyl (C=O) groups is 3. The second-order valence-electron chi connectivity index (χ2n) is 5.25. The van der Waals surface area contributed by atoms with Gasteiger partial charge in [0.05, 0.1) is 0 Å². The number of nitrogens with one attached hydrogen (secondary N) is 1. The largest absolute Gasteiger partial charge is 0.336 e. The molecule has 2 aliphatic heterocycles. The zero-order valence-electron chi connectivity index (χ0n) is 12.5. The van der Waals surface area contributed by atoms with Gasteiger partial charge in [-0.25, -0.2) is 0 Å². The Morgan fingerprint density at radius 3 is 2.43 bits per heavy atom. The first-order valence-corrected chi connectivity index (χ1v) is 7.13. The molecule has 1 atom stereocenters. The van der Waals surface area contributed by atoms with Gasteiger partial charge in [0.2, 0.25) is 5.91 Å². The van der Waals surface area contributed by atoms with E-state index >= 15 is 0 Å². The van der Waals surface area contributed by atoms with Gasteiger partial charge in [0.15, 0.2) is 0 Å². The molecule has 0 bridgehead atoms. The van der Waals surface area contributed by atoms with Crippen molar-refractivity contribution < 1.29 is 14.4 Å². The Balaban J connectivity index is 0.00000220. The van der Waals surface area contributed by atoms with Gasteiger partial charge in [0, 0.05) is 45.3 Å². The van der Waals surface area contributed by atoms with Gasteiger partial charge in [-0.2, -0.15) is 0 Å². The van der Waals surface area contributed by atoms with E-state index in [-0.39, 0.29) is 30.9 Å². The molecular weight excluding hydrogens is 296 g/mol. The summed E-state index contributed by atoms with van der Waals surface area (Å²) in [5, 5.41) is 3.22. The summed E-state index contributed by atoms with van der Waals surface area (Å²) in [4.78, 5) is 40.6. The topological polar surface area (TPSA) is 73.0 Å². The number of likely N-dealkylation sites (N-methyl/N-ethyl adjacent to an activating group) is 1. The zero-order chi connectivity index (χ0) is 14.7. The van der Waals surface area contributed by atoms with Crippen molar-refractivity contribution in [2.24, 2.45) is 0 Å². The lowest BCUT2D eigenvalue weighted by Crippen LogP contribution is -2.59. The van der Waals surface area contributed by atoms with Gasteiger partial charge in [-0.1, -0.05) is 0 Å². The van der Waals surface area contributed by atoms with E-state index in [0.717, 1.165) is 13.1 Å². The van der Waals surface area contributed by atoms with Crippen molar-refractivity contribution in [2.45, 2.75) is 19.9 Å². The van der Waals surface area contributed by atoms with E-state index in [1.54, 1.807) is 4.90 Å². The first-order chi connectivity index (χ1) is 9.54. The molecule has 0 spiro atoms. The average molecular weight is 319 g/mol. The van der Waals surface area contributed by atoms with Crippen LogP contribution in [0, 0.1) is 0 Å². The molecule has 120 valence electrons. The Hall–Kier alpha value is -1.34. The maximum absolute atomic E-state index is 12.3. The highest BCUT2D eigenvalue weighted by Gasteiger charge is 2.34. The summed E-state index contributed by atoms with van der Waals surface area (Å²) in [5.41, 5.74) is 0. The van der Waals surface area contributed by atoms with Gasteiger partial charge >= 0.3 is 11.8 Å². The number of rotatable bonds is 3. The van der Waals surface area contributed by atoms with E-state index in [2.05, 4.69) is 5.32 Å². The van der Waals surface area contributed by atoms with E-state index in [9.17, 15) is 14.4 Å². The van der Waals surface area contributed by atoms with Crippen LogP contribution in [0.3, 0.4) is 0 Å². The van der Waals surface area contributed by atoms with Gasteiger partial charge in [0.1, 0.15) is 6.54 Å². The lowest BCUT2D eigenvalue weighted by molar-refractivity contribution is -0.157. The molecule has 2 heterocycles. The minimum absolute atomic E-state index is 0. The fraction of sp³-hybridized carbons (Fsp3) is 0.769. The molecule has 8 heteroatoms. The molecule has 1 N–H and O–H groups in total. The minimum Gasteiger partial charge on any atom is -0.336 e. The molecule has 0 unspecified atom stereocenters. The van der Waals surface area contributed by atoms with Crippen LogP contribution >= 0.6 is 12.4 Å². The van der Waals surface area contributed by atoms with Crippen LogP contribution in [0.4, 0.5) is 0 Å². The molecule has 21 heavy (non-hydrogen) atoms. The first kappa shape index (κ1) is 17.7. The molecule has 2 saturated heterocycles. The molecule has 2 rings (SSSR count). The molecule has 3 amide bonds. The van der Waals surface area contributed by atoms with Crippen molar-refractivity contribution in [3.63, 3.8) is 0 Å². The SMILES string of the molecule is CCN1CCN(CC(=O)N2CCNC[C@H]2C)C(=O)C1=O.Cl. The van der Waals surface area contributed by atoms with Crippen molar-refractivity contribution >= 4 is 30.1 Å². The highest BCUT2D eigenvalue weighted by atomic mass is 35.5. The summed E-state index contributed by atoms with van der Waals surface area (Å²) in [7, 11) is 0. The van der Waals surface area contributed by atoms with Crippen LogP contribution in [0.25, 0.3) is 0 Å². The second-order valence-corrected chi connectivity index (χ2v) is 5.25. The fourth-order valence-electron chi connectivity index (χ4n) is 2.63. The first-order valence-electron chi connectivity index (χ1n) is 7.13. The third-order valence-corrected chi connectivity index (χ3v) is 3.93.